The quantitative estimate of drug-likeness (QED) is 0.846. The summed E-state index contributed by atoms with van der Waals surface area (Å²) in [6.45, 7) is 4.28. The third kappa shape index (κ3) is 3.32. The third-order valence-electron chi connectivity index (χ3n) is 2.94. The molecular weight excluding hydrogens is 316 g/mol. The van der Waals surface area contributed by atoms with Crippen LogP contribution < -0.4 is 10.5 Å². The van der Waals surface area contributed by atoms with Crippen LogP contribution in [0.15, 0.2) is 29.2 Å². The number of sulfonamides is 1. The van der Waals surface area contributed by atoms with Gasteiger partial charge in [-0.25, -0.2) is 13.1 Å². The molecular formula is C13H15ClN2O2S2. The van der Waals surface area contributed by atoms with Crippen molar-refractivity contribution >= 4 is 38.6 Å². The van der Waals surface area contributed by atoms with E-state index in [1.165, 1.54) is 28.6 Å². The van der Waals surface area contributed by atoms with Crippen LogP contribution in [0.2, 0.25) is 5.02 Å². The summed E-state index contributed by atoms with van der Waals surface area (Å²) < 4.78 is 26.9. The summed E-state index contributed by atoms with van der Waals surface area (Å²) in [5, 5.41) is 0.232. The molecule has 0 saturated carbocycles. The average Bonchev–Trinajstić information content (AvgIpc) is 2.70. The van der Waals surface area contributed by atoms with Crippen LogP contribution in [0.25, 0.3) is 0 Å². The maximum absolute atomic E-state index is 12.2. The van der Waals surface area contributed by atoms with E-state index in [0.29, 0.717) is 5.69 Å². The fraction of sp³-hybridized carbons (Fsp3) is 0.231. The molecule has 7 heteroatoms. The average molecular weight is 331 g/mol. The Morgan fingerprint density at radius 2 is 2.00 bits per heavy atom. The first-order valence-electron chi connectivity index (χ1n) is 5.90. The molecule has 0 atom stereocenters. The number of rotatable bonds is 4. The standard InChI is InChI=1S/C13H15ClN2O2S2/c1-8-5-10(19-9(8)2)7-16-20(17,18)11-3-4-13(15)12(14)6-11/h3-6,16H,7,15H2,1-2H3. The van der Waals surface area contributed by atoms with Gasteiger partial charge in [-0.1, -0.05) is 11.6 Å². The Bertz CT molecular complexity index is 719. The molecule has 1 aromatic carbocycles. The number of benzene rings is 1. The van der Waals surface area contributed by atoms with Crippen LogP contribution in [-0.2, 0) is 16.6 Å². The minimum Gasteiger partial charge on any atom is -0.398 e. The topological polar surface area (TPSA) is 72.2 Å². The van der Waals surface area contributed by atoms with Crippen molar-refractivity contribution in [2.75, 3.05) is 5.73 Å². The van der Waals surface area contributed by atoms with Crippen LogP contribution in [0, 0.1) is 13.8 Å². The van der Waals surface area contributed by atoms with Crippen LogP contribution in [0.4, 0.5) is 5.69 Å². The molecule has 0 spiro atoms. The second-order valence-corrected chi connectivity index (χ2v) is 7.97. The first-order chi connectivity index (χ1) is 9.29. The molecule has 20 heavy (non-hydrogen) atoms. The van der Waals surface area contributed by atoms with Gasteiger partial charge in [-0.15, -0.1) is 11.3 Å². The van der Waals surface area contributed by atoms with Crippen LogP contribution in [0.3, 0.4) is 0 Å². The molecule has 108 valence electrons. The van der Waals surface area contributed by atoms with Crippen LogP contribution in [0.1, 0.15) is 15.3 Å². The van der Waals surface area contributed by atoms with E-state index in [0.717, 1.165) is 4.88 Å². The lowest BCUT2D eigenvalue weighted by Crippen LogP contribution is -2.22. The van der Waals surface area contributed by atoms with Crippen LogP contribution in [0.5, 0.6) is 0 Å². The zero-order valence-electron chi connectivity index (χ0n) is 11.1. The minimum atomic E-state index is -3.58. The molecule has 1 aromatic heterocycles. The van der Waals surface area contributed by atoms with E-state index in [1.807, 2.05) is 19.9 Å². The summed E-state index contributed by atoms with van der Waals surface area (Å²) in [7, 11) is -3.58. The van der Waals surface area contributed by atoms with Gasteiger partial charge in [0, 0.05) is 16.3 Å². The first kappa shape index (κ1) is 15.3. The predicted molar refractivity (Wildman–Crippen MR) is 83.7 cm³/mol. The summed E-state index contributed by atoms with van der Waals surface area (Å²) in [6.07, 6.45) is 0. The number of hydrogen-bond acceptors (Lipinski definition) is 4. The lowest BCUT2D eigenvalue weighted by Gasteiger charge is -2.07. The summed E-state index contributed by atoms with van der Waals surface area (Å²) in [6, 6.07) is 6.26. The molecule has 0 bridgehead atoms. The third-order valence-corrected chi connectivity index (χ3v) is 5.81. The fourth-order valence-corrected chi connectivity index (χ4v) is 4.02. The molecule has 2 rings (SSSR count). The Morgan fingerprint density at radius 3 is 2.55 bits per heavy atom. The zero-order chi connectivity index (χ0) is 14.9. The second-order valence-electron chi connectivity index (χ2n) is 4.46. The maximum Gasteiger partial charge on any atom is 0.240 e. The SMILES string of the molecule is Cc1cc(CNS(=O)(=O)c2ccc(N)c(Cl)c2)sc1C. The van der Waals surface area contributed by atoms with Crippen molar-refractivity contribution in [1.82, 2.24) is 4.72 Å². The van der Waals surface area contributed by atoms with Crippen molar-refractivity contribution < 1.29 is 8.42 Å². The number of nitrogens with one attached hydrogen (secondary N) is 1. The molecule has 0 unspecified atom stereocenters. The van der Waals surface area contributed by atoms with Crippen molar-refractivity contribution in [2.24, 2.45) is 0 Å². The molecule has 2 aromatic rings. The van der Waals surface area contributed by atoms with Gasteiger partial charge in [-0.2, -0.15) is 0 Å². The largest absolute Gasteiger partial charge is 0.398 e. The van der Waals surface area contributed by atoms with E-state index >= 15 is 0 Å². The highest BCUT2D eigenvalue weighted by Crippen LogP contribution is 2.24. The van der Waals surface area contributed by atoms with Crippen molar-refractivity contribution in [1.29, 1.82) is 0 Å². The maximum atomic E-state index is 12.2. The smallest absolute Gasteiger partial charge is 0.240 e. The Labute approximate surface area is 127 Å². The highest BCUT2D eigenvalue weighted by Gasteiger charge is 2.15. The molecule has 0 saturated heterocycles. The van der Waals surface area contributed by atoms with Crippen molar-refractivity contribution in [3.8, 4) is 0 Å². The van der Waals surface area contributed by atoms with Gasteiger partial charge in [0.2, 0.25) is 10.0 Å². The Kier molecular flexibility index (Phi) is 4.39. The molecule has 0 aliphatic heterocycles. The zero-order valence-corrected chi connectivity index (χ0v) is 13.5. The van der Waals surface area contributed by atoms with E-state index < -0.39 is 10.0 Å². The first-order valence-corrected chi connectivity index (χ1v) is 8.58. The van der Waals surface area contributed by atoms with E-state index in [1.54, 1.807) is 11.3 Å². The van der Waals surface area contributed by atoms with Crippen molar-refractivity contribution in [2.45, 2.75) is 25.3 Å². The van der Waals surface area contributed by atoms with Crippen molar-refractivity contribution in [3.63, 3.8) is 0 Å². The van der Waals surface area contributed by atoms with Gasteiger partial charge in [0.1, 0.15) is 0 Å². The van der Waals surface area contributed by atoms with Crippen molar-refractivity contribution in [3.05, 3.63) is 44.6 Å². The Balaban J connectivity index is 2.16. The summed E-state index contributed by atoms with van der Waals surface area (Å²) in [5.74, 6) is 0. The molecule has 3 N–H and O–H groups in total. The highest BCUT2D eigenvalue weighted by atomic mass is 35.5. The van der Waals surface area contributed by atoms with Gasteiger partial charge in [-0.3, -0.25) is 0 Å². The molecule has 0 aliphatic carbocycles. The van der Waals surface area contributed by atoms with E-state index in [2.05, 4.69) is 4.72 Å². The molecule has 0 fully saturated rings. The Hall–Kier alpha value is -1.08. The van der Waals surface area contributed by atoms with Gasteiger partial charge >= 0.3 is 0 Å². The molecule has 0 amide bonds. The summed E-state index contributed by atoms with van der Waals surface area (Å²) in [4.78, 5) is 2.28. The lowest BCUT2D eigenvalue weighted by molar-refractivity contribution is 0.582. The summed E-state index contributed by atoms with van der Waals surface area (Å²) >= 11 is 7.43. The van der Waals surface area contributed by atoms with E-state index in [-0.39, 0.29) is 16.5 Å². The molecule has 0 radical (unpaired) electrons. The highest BCUT2D eigenvalue weighted by molar-refractivity contribution is 7.89. The number of nitrogens with two attached hydrogens (primary N) is 1. The minimum absolute atomic E-state index is 0.113. The molecule has 0 aliphatic rings. The number of thiophene rings is 1. The number of hydrogen-bond donors (Lipinski definition) is 2. The normalized spacial score (nSPS) is 11.8. The monoisotopic (exact) mass is 330 g/mol. The van der Waals surface area contributed by atoms with Gasteiger partial charge < -0.3 is 5.73 Å². The molecule has 1 heterocycles. The number of aryl methyl sites for hydroxylation is 2. The predicted octanol–water partition coefficient (Wildman–Crippen LogP) is 3.08. The summed E-state index contributed by atoms with van der Waals surface area (Å²) in [5.41, 5.74) is 7.09. The van der Waals surface area contributed by atoms with Gasteiger partial charge in [0.05, 0.1) is 15.6 Å². The number of anilines is 1. The fourth-order valence-electron chi connectivity index (χ4n) is 1.66. The van der Waals surface area contributed by atoms with Crippen LogP contribution in [-0.4, -0.2) is 8.42 Å². The van der Waals surface area contributed by atoms with Gasteiger partial charge in [-0.05, 0) is 43.7 Å². The molecule has 4 nitrogen and oxygen atoms in total. The van der Waals surface area contributed by atoms with E-state index in [9.17, 15) is 8.42 Å². The van der Waals surface area contributed by atoms with Gasteiger partial charge in [0.25, 0.3) is 0 Å². The second kappa shape index (κ2) is 5.73. The van der Waals surface area contributed by atoms with Gasteiger partial charge in [0.15, 0.2) is 0 Å². The van der Waals surface area contributed by atoms with Crippen LogP contribution >= 0.6 is 22.9 Å². The lowest BCUT2D eigenvalue weighted by atomic mass is 10.3. The number of nitrogen functional groups attached to an aromatic ring is 1. The number of halogens is 1. The van der Waals surface area contributed by atoms with E-state index in [4.69, 9.17) is 17.3 Å². The Morgan fingerprint density at radius 1 is 1.30 bits per heavy atom.